The van der Waals surface area contributed by atoms with Gasteiger partial charge in [0, 0.05) is 34.5 Å². The molecule has 0 spiro atoms. The number of unbranched alkanes of at least 4 members (excludes halogenated alkanes) is 1. The van der Waals surface area contributed by atoms with Gasteiger partial charge in [-0.3, -0.25) is 4.68 Å². The van der Waals surface area contributed by atoms with Crippen LogP contribution >= 0.6 is 0 Å². The first-order chi connectivity index (χ1) is 24.8. The molecule has 7 aromatic rings. The Balaban J connectivity index is 0.00000481. The normalized spacial score (nSPS) is 11.8. The maximum atomic E-state index is 6.74. The third-order valence-corrected chi connectivity index (χ3v) is 10.2. The minimum atomic E-state index is -0.131. The molecule has 0 amide bonds. The van der Waals surface area contributed by atoms with E-state index in [0.717, 1.165) is 63.8 Å². The van der Waals surface area contributed by atoms with Crippen molar-refractivity contribution in [3.63, 3.8) is 0 Å². The summed E-state index contributed by atoms with van der Waals surface area (Å²) in [5.74, 6) is 2.52. The molecular weight excluding hydrogens is 743 g/mol. The Morgan fingerprint density at radius 3 is 2.25 bits per heavy atom. The van der Waals surface area contributed by atoms with Crippen LogP contribution in [0.5, 0.6) is 11.5 Å². The van der Waals surface area contributed by atoms with E-state index in [0.29, 0.717) is 17.4 Å². The van der Waals surface area contributed by atoms with Gasteiger partial charge in [0.15, 0.2) is 0 Å². The smallest absolute Gasteiger partial charge is 0.509 e. The van der Waals surface area contributed by atoms with Crippen molar-refractivity contribution in [1.82, 2.24) is 19.3 Å². The van der Waals surface area contributed by atoms with Gasteiger partial charge < -0.3 is 9.30 Å². The number of benzene rings is 4. The predicted molar refractivity (Wildman–Crippen MR) is 216 cm³/mol. The summed E-state index contributed by atoms with van der Waals surface area (Å²) in [6.45, 7) is 22.1. The average molecular weight is 793 g/mol. The molecule has 274 valence electrons. The third kappa shape index (κ3) is 7.37. The summed E-state index contributed by atoms with van der Waals surface area (Å²) in [4.78, 5) is 4.82. The van der Waals surface area contributed by atoms with Crippen molar-refractivity contribution in [2.75, 3.05) is 0 Å². The first-order valence-corrected chi connectivity index (χ1v) is 18.7. The number of aromatic nitrogens is 4. The van der Waals surface area contributed by atoms with Crippen LogP contribution in [0, 0.1) is 39.8 Å². The van der Waals surface area contributed by atoms with E-state index >= 15 is 0 Å². The molecule has 0 atom stereocenters. The monoisotopic (exact) mass is 792 g/mol. The summed E-state index contributed by atoms with van der Waals surface area (Å²) in [5, 5.41) is 7.49. The van der Waals surface area contributed by atoms with Gasteiger partial charge in [0.1, 0.15) is 5.82 Å². The van der Waals surface area contributed by atoms with Gasteiger partial charge in [-0.1, -0.05) is 89.4 Å². The Hall–Kier alpha value is -4.50. The molecule has 5 nitrogen and oxygen atoms in total. The second-order valence-electron chi connectivity index (χ2n) is 15.7. The number of ether oxygens (including phenoxy) is 1. The number of aryl methyl sites for hydroxylation is 4. The Bertz CT molecular complexity index is 2420. The molecule has 7 rings (SSSR count). The molecule has 0 radical (unpaired) electrons. The van der Waals surface area contributed by atoms with Crippen molar-refractivity contribution in [1.29, 1.82) is 0 Å². The van der Waals surface area contributed by atoms with Crippen LogP contribution in [0.15, 0.2) is 79.0 Å². The first kappa shape index (κ1) is 38.2. The summed E-state index contributed by atoms with van der Waals surface area (Å²) < 4.78 is 11.1. The second-order valence-corrected chi connectivity index (χ2v) is 15.7. The van der Waals surface area contributed by atoms with Gasteiger partial charge in [-0.15, -0.1) is 41.3 Å². The van der Waals surface area contributed by atoms with E-state index in [4.69, 9.17) is 14.8 Å². The fourth-order valence-electron chi connectivity index (χ4n) is 7.59. The summed E-state index contributed by atoms with van der Waals surface area (Å²) in [6, 6.07) is 33.1. The minimum absolute atomic E-state index is 0. The van der Waals surface area contributed by atoms with Crippen LogP contribution in [0.3, 0.4) is 0 Å². The molecule has 0 saturated carbocycles. The van der Waals surface area contributed by atoms with Crippen LogP contribution in [0.2, 0.25) is 0 Å². The molecule has 0 bridgehead atoms. The van der Waals surface area contributed by atoms with Crippen molar-refractivity contribution >= 4 is 21.8 Å². The number of nitrogens with zero attached hydrogens (tertiary/aromatic N) is 4. The number of hydrogen-bond donors (Lipinski definition) is 0. The third-order valence-electron chi connectivity index (χ3n) is 10.2. The Morgan fingerprint density at radius 1 is 0.811 bits per heavy atom. The average Bonchev–Trinajstić information content (AvgIpc) is 3.60. The van der Waals surface area contributed by atoms with E-state index < -0.39 is 0 Å². The van der Waals surface area contributed by atoms with Crippen LogP contribution in [0.4, 0.5) is 0 Å². The number of pyridine rings is 1. The zero-order valence-corrected chi connectivity index (χ0v) is 34.3. The van der Waals surface area contributed by atoms with E-state index in [2.05, 4.69) is 157 Å². The summed E-state index contributed by atoms with van der Waals surface area (Å²) in [6.07, 6.45) is 4.99. The Kier molecular flexibility index (Phi) is 10.9. The van der Waals surface area contributed by atoms with Crippen LogP contribution in [0.25, 0.3) is 44.4 Å². The Labute approximate surface area is 329 Å². The van der Waals surface area contributed by atoms with Gasteiger partial charge >= 0.3 is 20.4 Å². The molecule has 6 heteroatoms. The van der Waals surface area contributed by atoms with Gasteiger partial charge in [-0.05, 0) is 103 Å². The number of fused-ring (bicyclic) bond motifs is 3. The van der Waals surface area contributed by atoms with Gasteiger partial charge in [0.2, 0.25) is 0 Å². The maximum Gasteiger partial charge on any atom is 2.00 e. The van der Waals surface area contributed by atoms with Crippen molar-refractivity contribution in [2.45, 2.75) is 99.8 Å². The van der Waals surface area contributed by atoms with Gasteiger partial charge in [0.25, 0.3) is 0 Å². The van der Waals surface area contributed by atoms with E-state index in [9.17, 15) is 0 Å². The van der Waals surface area contributed by atoms with E-state index in [1.807, 2.05) is 12.3 Å². The van der Waals surface area contributed by atoms with E-state index in [-0.39, 0.29) is 25.8 Å². The number of para-hydroxylation sites is 1. The van der Waals surface area contributed by atoms with Crippen molar-refractivity contribution in [3.8, 4) is 34.1 Å². The standard InChI is InChI=1S/C47H50N4O.Pd/c1-11-12-16-42-46(45-31(5)22-30(4)23-32(45)6)33(7)49-51(42)36-25-35(47(8,9)10)26-38(27-36)52-37-18-19-40-39-15-13-14-17-41(39)50(43(40)28-37)44-24-34(29(2)3)20-21-48-44;/h13-15,17-26,29H,11-12,16H2,1-10H3;/q-2;+2. The molecule has 0 saturated heterocycles. The fraction of sp³-hybridized carbons (Fsp3) is 0.319. The first-order valence-electron chi connectivity index (χ1n) is 18.7. The molecule has 3 heterocycles. The molecule has 3 aromatic heterocycles. The number of rotatable bonds is 9. The summed E-state index contributed by atoms with van der Waals surface area (Å²) in [5.41, 5.74) is 13.8. The van der Waals surface area contributed by atoms with Crippen LogP contribution in [-0.4, -0.2) is 19.3 Å². The Morgan fingerprint density at radius 2 is 1.55 bits per heavy atom. The van der Waals surface area contributed by atoms with Gasteiger partial charge in [-0.2, -0.15) is 11.2 Å². The molecule has 0 aliphatic carbocycles. The van der Waals surface area contributed by atoms with Gasteiger partial charge in [0.05, 0.1) is 5.69 Å². The minimum Gasteiger partial charge on any atom is -0.509 e. The van der Waals surface area contributed by atoms with E-state index in [1.54, 1.807) is 0 Å². The zero-order valence-electron chi connectivity index (χ0n) is 32.7. The largest absolute Gasteiger partial charge is 2.00 e. The molecule has 0 aliphatic rings. The van der Waals surface area contributed by atoms with Crippen molar-refractivity contribution in [3.05, 3.63) is 130 Å². The predicted octanol–water partition coefficient (Wildman–Crippen LogP) is 12.4. The molecular formula is C47H50N4OPd. The topological polar surface area (TPSA) is 44.9 Å². The molecule has 0 aliphatic heterocycles. The fourth-order valence-corrected chi connectivity index (χ4v) is 7.59. The van der Waals surface area contributed by atoms with Crippen LogP contribution in [0.1, 0.15) is 99.5 Å². The van der Waals surface area contributed by atoms with Crippen molar-refractivity contribution < 1.29 is 25.2 Å². The molecule has 0 fully saturated rings. The summed E-state index contributed by atoms with van der Waals surface area (Å²) >= 11 is 0. The second kappa shape index (κ2) is 15.1. The molecule has 53 heavy (non-hydrogen) atoms. The maximum absolute atomic E-state index is 6.74. The van der Waals surface area contributed by atoms with E-state index in [1.165, 1.54) is 39.1 Å². The molecule has 0 unspecified atom stereocenters. The van der Waals surface area contributed by atoms with Crippen molar-refractivity contribution in [2.24, 2.45) is 0 Å². The van der Waals surface area contributed by atoms with Crippen LogP contribution < -0.4 is 4.74 Å². The van der Waals surface area contributed by atoms with Crippen LogP contribution in [-0.2, 0) is 32.3 Å². The quantitative estimate of drug-likeness (QED) is 0.108. The zero-order chi connectivity index (χ0) is 36.9. The van der Waals surface area contributed by atoms with Gasteiger partial charge in [-0.25, -0.2) is 4.98 Å². The summed E-state index contributed by atoms with van der Waals surface area (Å²) in [7, 11) is 0. The molecule has 0 N–H and O–H groups in total. The molecule has 4 aromatic carbocycles. The number of hydrogen-bond acceptors (Lipinski definition) is 3. The SMILES string of the molecule is CCCCc1c(-c2c(C)cc(C)cc2C)c(C)nn1-c1[c-]c(Oc2[c-]c3c(cc2)c2ccccc2n3-c2cc(C(C)C)ccn2)cc(C(C)(C)C)c1.[Pd+2].